The first-order chi connectivity index (χ1) is 20.8. The third-order valence-electron chi connectivity index (χ3n) is 8.97. The fourth-order valence-electron chi connectivity index (χ4n) is 6.53. The summed E-state index contributed by atoms with van der Waals surface area (Å²) >= 11 is 0. The van der Waals surface area contributed by atoms with Crippen molar-refractivity contribution in [1.29, 1.82) is 0 Å². The number of aryl methyl sites for hydroxylation is 1. The van der Waals surface area contributed by atoms with Gasteiger partial charge in [-0.15, -0.1) is 0 Å². The Kier molecular flexibility index (Phi) is 6.40. The molecule has 43 heavy (non-hydrogen) atoms. The first-order valence-corrected chi connectivity index (χ1v) is 14.8. The Balaban J connectivity index is 1.35. The lowest BCUT2D eigenvalue weighted by Crippen LogP contribution is -2.16. The maximum absolute atomic E-state index is 11.3. The summed E-state index contributed by atoms with van der Waals surface area (Å²) < 4.78 is 0. The summed E-state index contributed by atoms with van der Waals surface area (Å²) in [6, 6.07) is 44.6. The molecule has 0 aliphatic heterocycles. The van der Waals surface area contributed by atoms with Crippen molar-refractivity contribution in [1.82, 2.24) is 0 Å². The van der Waals surface area contributed by atoms with E-state index in [4.69, 9.17) is 0 Å². The van der Waals surface area contributed by atoms with Gasteiger partial charge in [0.05, 0.1) is 5.56 Å². The van der Waals surface area contributed by atoms with Crippen LogP contribution in [0.3, 0.4) is 0 Å². The third-order valence-corrected chi connectivity index (χ3v) is 8.97. The standard InChI is InChI=1S/C40H33NO2/c1-4-26-9-10-31-24-33(20-17-30(31)23-26)41(32-18-15-28(16-19-32)27-11-13-29(14-12-27)39(42)43)34-21-22-36-35-7-5-6-8-37(35)40(2,3)38(36)25-34/h5-25H,4H2,1-3H3,(H,42,43). The van der Waals surface area contributed by atoms with Gasteiger partial charge >= 0.3 is 5.97 Å². The minimum Gasteiger partial charge on any atom is -0.478 e. The molecular weight excluding hydrogens is 526 g/mol. The largest absolute Gasteiger partial charge is 0.478 e. The average molecular weight is 560 g/mol. The lowest BCUT2D eigenvalue weighted by Gasteiger charge is -2.28. The second-order valence-electron chi connectivity index (χ2n) is 11.9. The van der Waals surface area contributed by atoms with Gasteiger partial charge in [0.15, 0.2) is 0 Å². The van der Waals surface area contributed by atoms with Gasteiger partial charge in [0.1, 0.15) is 0 Å². The van der Waals surface area contributed by atoms with Gasteiger partial charge in [0, 0.05) is 22.5 Å². The molecule has 6 aromatic carbocycles. The number of fused-ring (bicyclic) bond motifs is 4. The van der Waals surface area contributed by atoms with Gasteiger partial charge in [0.25, 0.3) is 0 Å². The van der Waals surface area contributed by atoms with Crippen LogP contribution in [0, 0.1) is 0 Å². The van der Waals surface area contributed by atoms with E-state index in [1.54, 1.807) is 12.1 Å². The zero-order valence-corrected chi connectivity index (χ0v) is 24.6. The molecule has 0 aromatic heterocycles. The molecule has 210 valence electrons. The Bertz CT molecular complexity index is 2000. The van der Waals surface area contributed by atoms with Gasteiger partial charge in [-0.05, 0) is 105 Å². The molecule has 1 aliphatic carbocycles. The topological polar surface area (TPSA) is 40.5 Å². The summed E-state index contributed by atoms with van der Waals surface area (Å²) in [5, 5.41) is 11.7. The zero-order chi connectivity index (χ0) is 29.7. The van der Waals surface area contributed by atoms with Crippen molar-refractivity contribution in [3.05, 3.63) is 150 Å². The van der Waals surface area contributed by atoms with Crippen LogP contribution in [0.15, 0.2) is 127 Å². The number of carbonyl (C=O) groups is 1. The van der Waals surface area contributed by atoms with Crippen LogP contribution in [-0.4, -0.2) is 11.1 Å². The number of rotatable bonds is 6. The van der Waals surface area contributed by atoms with E-state index in [1.807, 2.05) is 12.1 Å². The molecule has 0 unspecified atom stereocenters. The minimum atomic E-state index is -0.917. The molecule has 7 rings (SSSR count). The van der Waals surface area contributed by atoms with Crippen LogP contribution in [-0.2, 0) is 11.8 Å². The van der Waals surface area contributed by atoms with Crippen molar-refractivity contribution < 1.29 is 9.90 Å². The highest BCUT2D eigenvalue weighted by atomic mass is 16.4. The number of carboxylic acid groups (broad SMARTS) is 1. The normalized spacial score (nSPS) is 13.0. The van der Waals surface area contributed by atoms with Crippen molar-refractivity contribution in [3.8, 4) is 22.3 Å². The second-order valence-corrected chi connectivity index (χ2v) is 11.9. The van der Waals surface area contributed by atoms with E-state index in [0.717, 1.165) is 34.6 Å². The highest BCUT2D eigenvalue weighted by molar-refractivity contribution is 5.91. The molecule has 0 saturated carbocycles. The maximum Gasteiger partial charge on any atom is 0.335 e. The minimum absolute atomic E-state index is 0.0977. The zero-order valence-electron chi connectivity index (χ0n) is 24.6. The predicted molar refractivity (Wildman–Crippen MR) is 178 cm³/mol. The van der Waals surface area contributed by atoms with Crippen LogP contribution in [0.4, 0.5) is 17.1 Å². The molecule has 0 fully saturated rings. The molecule has 0 atom stereocenters. The molecule has 1 N–H and O–H groups in total. The van der Waals surface area contributed by atoms with Crippen LogP contribution in [0.1, 0.15) is 47.8 Å². The first kappa shape index (κ1) is 26.7. The molecule has 0 bridgehead atoms. The van der Waals surface area contributed by atoms with E-state index in [1.165, 1.54) is 38.6 Å². The van der Waals surface area contributed by atoms with Gasteiger partial charge in [-0.25, -0.2) is 4.79 Å². The maximum atomic E-state index is 11.3. The van der Waals surface area contributed by atoms with Gasteiger partial charge in [-0.2, -0.15) is 0 Å². The number of benzene rings is 6. The molecule has 3 nitrogen and oxygen atoms in total. The van der Waals surface area contributed by atoms with Crippen LogP contribution in [0.2, 0.25) is 0 Å². The number of hydrogen-bond donors (Lipinski definition) is 1. The molecule has 3 heteroatoms. The molecule has 0 heterocycles. The number of hydrogen-bond acceptors (Lipinski definition) is 2. The van der Waals surface area contributed by atoms with Gasteiger partial charge < -0.3 is 10.0 Å². The Morgan fingerprint density at radius 2 is 1.21 bits per heavy atom. The number of aromatic carboxylic acids is 1. The SMILES string of the molecule is CCc1ccc2cc(N(c3ccc(-c4ccc(C(=O)O)cc4)cc3)c3ccc4c(c3)C(C)(C)c3ccccc3-4)ccc2c1. The summed E-state index contributed by atoms with van der Waals surface area (Å²) in [4.78, 5) is 13.7. The molecule has 0 saturated heterocycles. The lowest BCUT2D eigenvalue weighted by molar-refractivity contribution is 0.0697. The monoisotopic (exact) mass is 559 g/mol. The third kappa shape index (κ3) is 4.58. The molecule has 1 aliphatic rings. The van der Waals surface area contributed by atoms with Crippen LogP contribution in [0.25, 0.3) is 33.0 Å². The Labute approximate surface area is 252 Å². The van der Waals surface area contributed by atoms with Crippen LogP contribution < -0.4 is 4.90 Å². The van der Waals surface area contributed by atoms with Crippen molar-refractivity contribution in [2.24, 2.45) is 0 Å². The predicted octanol–water partition coefficient (Wildman–Crippen LogP) is 10.5. The second kappa shape index (κ2) is 10.3. The quantitative estimate of drug-likeness (QED) is 0.221. The lowest BCUT2D eigenvalue weighted by atomic mass is 9.82. The molecule has 6 aromatic rings. The van der Waals surface area contributed by atoms with Crippen LogP contribution in [0.5, 0.6) is 0 Å². The highest BCUT2D eigenvalue weighted by Gasteiger charge is 2.35. The molecule has 0 amide bonds. The Hall–Kier alpha value is -5.15. The van der Waals surface area contributed by atoms with Crippen molar-refractivity contribution in [2.45, 2.75) is 32.6 Å². The fourth-order valence-corrected chi connectivity index (χ4v) is 6.53. The average Bonchev–Trinajstić information content (AvgIpc) is 3.27. The van der Waals surface area contributed by atoms with E-state index >= 15 is 0 Å². The van der Waals surface area contributed by atoms with Crippen LogP contribution >= 0.6 is 0 Å². The van der Waals surface area contributed by atoms with E-state index in [-0.39, 0.29) is 11.0 Å². The summed E-state index contributed by atoms with van der Waals surface area (Å²) in [5.74, 6) is -0.917. The summed E-state index contributed by atoms with van der Waals surface area (Å²) in [6.45, 7) is 6.82. The fraction of sp³-hybridized carbons (Fsp3) is 0.125. The van der Waals surface area contributed by atoms with Crippen molar-refractivity contribution in [3.63, 3.8) is 0 Å². The van der Waals surface area contributed by atoms with E-state index in [0.29, 0.717) is 0 Å². The van der Waals surface area contributed by atoms with Gasteiger partial charge in [-0.1, -0.05) is 99.6 Å². The highest BCUT2D eigenvalue weighted by Crippen LogP contribution is 2.50. The summed E-state index contributed by atoms with van der Waals surface area (Å²) in [7, 11) is 0. The van der Waals surface area contributed by atoms with Crippen molar-refractivity contribution >= 4 is 33.8 Å². The Morgan fingerprint density at radius 3 is 1.93 bits per heavy atom. The van der Waals surface area contributed by atoms with Gasteiger partial charge in [-0.3, -0.25) is 0 Å². The van der Waals surface area contributed by atoms with Gasteiger partial charge in [0.2, 0.25) is 0 Å². The molecule has 0 radical (unpaired) electrons. The summed E-state index contributed by atoms with van der Waals surface area (Å²) in [6.07, 6.45) is 1.02. The smallest absolute Gasteiger partial charge is 0.335 e. The molecular formula is C40H33NO2. The van der Waals surface area contributed by atoms with E-state index in [9.17, 15) is 9.90 Å². The number of carboxylic acids is 1. The van der Waals surface area contributed by atoms with Crippen molar-refractivity contribution in [2.75, 3.05) is 4.90 Å². The van der Waals surface area contributed by atoms with E-state index < -0.39 is 5.97 Å². The number of nitrogens with zero attached hydrogens (tertiary/aromatic N) is 1. The van der Waals surface area contributed by atoms with E-state index in [2.05, 4.69) is 129 Å². The first-order valence-electron chi connectivity index (χ1n) is 14.8. The number of anilines is 3. The summed E-state index contributed by atoms with van der Waals surface area (Å²) in [5.41, 5.74) is 12.1. The Morgan fingerprint density at radius 1 is 0.628 bits per heavy atom. The molecule has 0 spiro atoms.